The summed E-state index contributed by atoms with van der Waals surface area (Å²) in [5.74, 6) is 0.382. The van der Waals surface area contributed by atoms with Crippen molar-refractivity contribution in [3.8, 4) is 0 Å². The molecule has 0 rings (SSSR count). The molecule has 0 aliphatic carbocycles. The van der Waals surface area contributed by atoms with Crippen molar-refractivity contribution in [2.24, 2.45) is 5.92 Å². The summed E-state index contributed by atoms with van der Waals surface area (Å²) in [6, 6.07) is 0. The van der Waals surface area contributed by atoms with E-state index in [9.17, 15) is 4.79 Å². The number of hydrogen-bond acceptors (Lipinski definition) is 2. The SMILES string of the molecule is CCCOCC(=O)C(C)CC. The lowest BCUT2D eigenvalue weighted by Gasteiger charge is -2.06. The van der Waals surface area contributed by atoms with Crippen molar-refractivity contribution in [1.82, 2.24) is 0 Å². The van der Waals surface area contributed by atoms with Gasteiger partial charge in [-0.2, -0.15) is 0 Å². The summed E-state index contributed by atoms with van der Waals surface area (Å²) in [6.07, 6.45) is 1.89. The third-order valence-electron chi connectivity index (χ3n) is 1.75. The molecular weight excluding hydrogens is 140 g/mol. The third-order valence-corrected chi connectivity index (χ3v) is 1.75. The van der Waals surface area contributed by atoms with Crippen LogP contribution < -0.4 is 0 Å². The molecule has 2 nitrogen and oxygen atoms in total. The molecule has 0 saturated carbocycles. The lowest BCUT2D eigenvalue weighted by Crippen LogP contribution is -2.16. The van der Waals surface area contributed by atoms with E-state index < -0.39 is 0 Å². The van der Waals surface area contributed by atoms with Gasteiger partial charge in [0.2, 0.25) is 0 Å². The molecule has 0 aliphatic rings. The average molecular weight is 158 g/mol. The van der Waals surface area contributed by atoms with Gasteiger partial charge in [0.15, 0.2) is 5.78 Å². The average Bonchev–Trinajstić information content (AvgIpc) is 2.03. The zero-order chi connectivity index (χ0) is 8.69. The molecule has 66 valence electrons. The van der Waals surface area contributed by atoms with Gasteiger partial charge in [0, 0.05) is 12.5 Å². The van der Waals surface area contributed by atoms with E-state index in [0.717, 1.165) is 12.8 Å². The molecule has 0 aromatic carbocycles. The Kier molecular flexibility index (Phi) is 6.13. The van der Waals surface area contributed by atoms with E-state index in [1.54, 1.807) is 0 Å². The van der Waals surface area contributed by atoms with Gasteiger partial charge in [-0.1, -0.05) is 20.8 Å². The highest BCUT2D eigenvalue weighted by atomic mass is 16.5. The zero-order valence-electron chi connectivity index (χ0n) is 7.72. The molecule has 0 aliphatic heterocycles. The van der Waals surface area contributed by atoms with Gasteiger partial charge in [0.05, 0.1) is 0 Å². The van der Waals surface area contributed by atoms with Gasteiger partial charge in [-0.25, -0.2) is 0 Å². The Balaban J connectivity index is 3.36. The highest BCUT2D eigenvalue weighted by Gasteiger charge is 2.09. The minimum Gasteiger partial charge on any atom is -0.374 e. The zero-order valence-corrected chi connectivity index (χ0v) is 7.72. The summed E-state index contributed by atoms with van der Waals surface area (Å²) >= 11 is 0. The Hall–Kier alpha value is -0.370. The van der Waals surface area contributed by atoms with Gasteiger partial charge in [-0.3, -0.25) is 4.79 Å². The predicted molar refractivity (Wildman–Crippen MR) is 45.6 cm³/mol. The number of hydrogen-bond donors (Lipinski definition) is 0. The molecule has 0 saturated heterocycles. The molecule has 0 aromatic rings. The van der Waals surface area contributed by atoms with E-state index in [1.807, 2.05) is 20.8 Å². The van der Waals surface area contributed by atoms with Crippen molar-refractivity contribution in [3.05, 3.63) is 0 Å². The van der Waals surface area contributed by atoms with E-state index in [2.05, 4.69) is 0 Å². The van der Waals surface area contributed by atoms with E-state index in [0.29, 0.717) is 13.2 Å². The standard InChI is InChI=1S/C9H18O2/c1-4-6-11-7-9(10)8(3)5-2/h8H,4-7H2,1-3H3. The van der Waals surface area contributed by atoms with E-state index in [4.69, 9.17) is 4.74 Å². The Bertz CT molecular complexity index is 110. The number of ether oxygens (including phenoxy) is 1. The number of rotatable bonds is 6. The quantitative estimate of drug-likeness (QED) is 0.553. The Labute approximate surface area is 68.9 Å². The monoisotopic (exact) mass is 158 g/mol. The number of Topliss-reactive ketones (excluding diaryl/α,β-unsaturated/α-hetero) is 1. The summed E-state index contributed by atoms with van der Waals surface area (Å²) in [5.41, 5.74) is 0. The number of ketones is 1. The largest absolute Gasteiger partial charge is 0.374 e. The molecule has 0 radical (unpaired) electrons. The van der Waals surface area contributed by atoms with Crippen molar-refractivity contribution >= 4 is 5.78 Å². The van der Waals surface area contributed by atoms with Crippen LogP contribution in [0.5, 0.6) is 0 Å². The molecule has 0 heterocycles. The fourth-order valence-corrected chi connectivity index (χ4v) is 0.687. The van der Waals surface area contributed by atoms with Crippen LogP contribution in [-0.4, -0.2) is 19.0 Å². The molecule has 2 heteroatoms. The van der Waals surface area contributed by atoms with Gasteiger partial charge >= 0.3 is 0 Å². The van der Waals surface area contributed by atoms with Crippen LogP contribution in [0.2, 0.25) is 0 Å². The number of carbonyl (C=O) groups excluding carboxylic acids is 1. The second kappa shape index (κ2) is 6.35. The molecule has 0 aromatic heterocycles. The van der Waals surface area contributed by atoms with Crippen LogP contribution in [-0.2, 0) is 9.53 Å². The van der Waals surface area contributed by atoms with Crippen LogP contribution in [0.4, 0.5) is 0 Å². The molecule has 11 heavy (non-hydrogen) atoms. The van der Waals surface area contributed by atoms with Crippen molar-refractivity contribution in [3.63, 3.8) is 0 Å². The van der Waals surface area contributed by atoms with E-state index in [1.165, 1.54) is 0 Å². The smallest absolute Gasteiger partial charge is 0.161 e. The molecule has 0 fully saturated rings. The molecular formula is C9H18O2. The summed E-state index contributed by atoms with van der Waals surface area (Å²) in [5, 5.41) is 0. The fourth-order valence-electron chi connectivity index (χ4n) is 0.687. The fraction of sp³-hybridized carbons (Fsp3) is 0.889. The molecule has 1 atom stereocenters. The van der Waals surface area contributed by atoms with Crippen molar-refractivity contribution in [1.29, 1.82) is 0 Å². The maximum atomic E-state index is 11.1. The third kappa shape index (κ3) is 4.96. The van der Waals surface area contributed by atoms with Crippen molar-refractivity contribution in [2.45, 2.75) is 33.6 Å². The topological polar surface area (TPSA) is 26.3 Å². The van der Waals surface area contributed by atoms with Gasteiger partial charge in [0.25, 0.3) is 0 Å². The van der Waals surface area contributed by atoms with Crippen LogP contribution in [0.15, 0.2) is 0 Å². The van der Waals surface area contributed by atoms with Gasteiger partial charge in [-0.05, 0) is 12.8 Å². The van der Waals surface area contributed by atoms with Crippen molar-refractivity contribution in [2.75, 3.05) is 13.2 Å². The maximum absolute atomic E-state index is 11.1. The first kappa shape index (κ1) is 10.6. The van der Waals surface area contributed by atoms with Crippen LogP contribution in [0.1, 0.15) is 33.6 Å². The molecule has 0 spiro atoms. The summed E-state index contributed by atoms with van der Waals surface area (Å²) in [6.45, 7) is 6.98. The van der Waals surface area contributed by atoms with Crippen molar-refractivity contribution < 1.29 is 9.53 Å². The predicted octanol–water partition coefficient (Wildman–Crippen LogP) is 2.03. The second-order valence-electron chi connectivity index (χ2n) is 2.83. The van der Waals surface area contributed by atoms with E-state index >= 15 is 0 Å². The second-order valence-corrected chi connectivity index (χ2v) is 2.83. The maximum Gasteiger partial charge on any atom is 0.161 e. The Morgan fingerprint density at radius 1 is 1.45 bits per heavy atom. The molecule has 0 amide bonds. The minimum atomic E-state index is 0.159. The highest BCUT2D eigenvalue weighted by molar-refractivity contribution is 5.81. The van der Waals surface area contributed by atoms with Gasteiger partial charge in [0.1, 0.15) is 6.61 Å². The first-order valence-electron chi connectivity index (χ1n) is 4.32. The lowest BCUT2D eigenvalue weighted by atomic mass is 10.1. The first-order chi connectivity index (χ1) is 5.22. The van der Waals surface area contributed by atoms with Crippen LogP contribution in [0, 0.1) is 5.92 Å². The normalized spacial score (nSPS) is 13.0. The summed E-state index contributed by atoms with van der Waals surface area (Å²) in [4.78, 5) is 11.1. The van der Waals surface area contributed by atoms with E-state index in [-0.39, 0.29) is 11.7 Å². The summed E-state index contributed by atoms with van der Waals surface area (Å²) in [7, 11) is 0. The van der Waals surface area contributed by atoms with Crippen LogP contribution in [0.25, 0.3) is 0 Å². The summed E-state index contributed by atoms with van der Waals surface area (Å²) < 4.78 is 5.12. The Morgan fingerprint density at radius 3 is 2.55 bits per heavy atom. The first-order valence-corrected chi connectivity index (χ1v) is 4.32. The highest BCUT2D eigenvalue weighted by Crippen LogP contribution is 2.01. The van der Waals surface area contributed by atoms with Crippen LogP contribution >= 0.6 is 0 Å². The van der Waals surface area contributed by atoms with Crippen LogP contribution in [0.3, 0.4) is 0 Å². The lowest BCUT2D eigenvalue weighted by molar-refractivity contribution is -0.127. The number of carbonyl (C=O) groups is 1. The molecule has 0 bridgehead atoms. The molecule has 1 unspecified atom stereocenters. The van der Waals surface area contributed by atoms with Gasteiger partial charge < -0.3 is 4.74 Å². The molecule has 0 N–H and O–H groups in total. The van der Waals surface area contributed by atoms with Gasteiger partial charge in [-0.15, -0.1) is 0 Å². The minimum absolute atomic E-state index is 0.159. The Morgan fingerprint density at radius 2 is 2.09 bits per heavy atom.